The minimum absolute atomic E-state index is 0.564. The van der Waals surface area contributed by atoms with Crippen LogP contribution < -0.4 is 0 Å². The largest absolute Gasteiger partial charge is 0.298 e. The third-order valence-corrected chi connectivity index (χ3v) is 2.36. The zero-order valence-corrected chi connectivity index (χ0v) is 9.05. The van der Waals surface area contributed by atoms with E-state index in [2.05, 4.69) is 9.97 Å². The summed E-state index contributed by atoms with van der Waals surface area (Å²) in [6, 6.07) is 9.96. The summed E-state index contributed by atoms with van der Waals surface area (Å²) >= 11 is 0. The molecule has 3 nitrogen and oxygen atoms in total. The molecule has 3 heteroatoms. The lowest BCUT2D eigenvalue weighted by atomic mass is 10.1. The van der Waals surface area contributed by atoms with E-state index in [0.717, 1.165) is 17.5 Å². The molecule has 0 fully saturated rings. The fourth-order valence-corrected chi connectivity index (χ4v) is 1.56. The number of benzene rings is 1. The standard InChI is InChI=1S/C13H12N2O/c1-10-14-8-12(9-16)13(15-10)7-11-5-3-2-4-6-11/h2-6,8-9H,7H2,1H3. The fraction of sp³-hybridized carbons (Fsp3) is 0.154. The van der Waals surface area contributed by atoms with E-state index in [4.69, 9.17) is 0 Å². The second kappa shape index (κ2) is 4.66. The van der Waals surface area contributed by atoms with Crippen molar-refractivity contribution >= 4 is 6.29 Å². The average Bonchev–Trinajstić information content (AvgIpc) is 2.31. The van der Waals surface area contributed by atoms with Crippen molar-refractivity contribution in [1.82, 2.24) is 9.97 Å². The molecular weight excluding hydrogens is 200 g/mol. The highest BCUT2D eigenvalue weighted by Crippen LogP contribution is 2.10. The van der Waals surface area contributed by atoms with E-state index < -0.39 is 0 Å². The highest BCUT2D eigenvalue weighted by molar-refractivity contribution is 5.75. The molecule has 0 atom stereocenters. The summed E-state index contributed by atoms with van der Waals surface area (Å²) in [5.41, 5.74) is 2.49. The number of carbonyl (C=O) groups excluding carboxylic acids is 1. The monoisotopic (exact) mass is 212 g/mol. The van der Waals surface area contributed by atoms with Gasteiger partial charge in [0.15, 0.2) is 6.29 Å². The van der Waals surface area contributed by atoms with Crippen molar-refractivity contribution in [2.45, 2.75) is 13.3 Å². The lowest BCUT2D eigenvalue weighted by Gasteiger charge is -2.04. The topological polar surface area (TPSA) is 42.9 Å². The average molecular weight is 212 g/mol. The van der Waals surface area contributed by atoms with Gasteiger partial charge in [0.1, 0.15) is 5.82 Å². The molecule has 0 saturated carbocycles. The van der Waals surface area contributed by atoms with Crippen molar-refractivity contribution in [3.63, 3.8) is 0 Å². The molecule has 1 heterocycles. The molecule has 0 bridgehead atoms. The molecule has 0 unspecified atom stereocenters. The summed E-state index contributed by atoms with van der Waals surface area (Å²) in [7, 11) is 0. The number of aromatic nitrogens is 2. The highest BCUT2D eigenvalue weighted by atomic mass is 16.1. The summed E-state index contributed by atoms with van der Waals surface area (Å²) in [5.74, 6) is 0.691. The van der Waals surface area contributed by atoms with Gasteiger partial charge in [-0.2, -0.15) is 0 Å². The van der Waals surface area contributed by atoms with E-state index in [-0.39, 0.29) is 0 Å². The van der Waals surface area contributed by atoms with Crippen LogP contribution in [0.2, 0.25) is 0 Å². The van der Waals surface area contributed by atoms with E-state index in [1.807, 2.05) is 37.3 Å². The van der Waals surface area contributed by atoms with E-state index in [1.165, 1.54) is 0 Å². The Morgan fingerprint density at radius 1 is 1.25 bits per heavy atom. The summed E-state index contributed by atoms with van der Waals surface area (Å²) in [6.07, 6.45) is 3.05. The molecule has 0 aliphatic rings. The van der Waals surface area contributed by atoms with Crippen molar-refractivity contribution in [2.24, 2.45) is 0 Å². The fourth-order valence-electron chi connectivity index (χ4n) is 1.56. The molecule has 0 saturated heterocycles. The predicted molar refractivity (Wildman–Crippen MR) is 61.4 cm³/mol. The Hall–Kier alpha value is -2.03. The molecule has 0 spiro atoms. The Bertz CT molecular complexity index is 495. The van der Waals surface area contributed by atoms with Crippen LogP contribution in [0.15, 0.2) is 36.5 Å². The molecule has 0 aliphatic heterocycles. The first-order chi connectivity index (χ1) is 7.79. The second-order valence-corrected chi connectivity index (χ2v) is 3.60. The van der Waals surface area contributed by atoms with Crippen molar-refractivity contribution < 1.29 is 4.79 Å². The van der Waals surface area contributed by atoms with Crippen LogP contribution in [0, 0.1) is 6.92 Å². The molecule has 1 aromatic heterocycles. The van der Waals surface area contributed by atoms with Crippen molar-refractivity contribution in [3.05, 3.63) is 59.2 Å². The number of hydrogen-bond donors (Lipinski definition) is 0. The number of aryl methyl sites for hydroxylation is 1. The molecule has 2 rings (SSSR count). The predicted octanol–water partition coefficient (Wildman–Crippen LogP) is 2.19. The van der Waals surface area contributed by atoms with Crippen LogP contribution in [0.5, 0.6) is 0 Å². The van der Waals surface area contributed by atoms with Gasteiger partial charge in [-0.3, -0.25) is 4.79 Å². The van der Waals surface area contributed by atoms with E-state index in [0.29, 0.717) is 17.8 Å². The van der Waals surface area contributed by atoms with E-state index in [9.17, 15) is 4.79 Å². The lowest BCUT2D eigenvalue weighted by molar-refractivity contribution is 0.112. The normalized spacial score (nSPS) is 10.1. The van der Waals surface area contributed by atoms with Crippen molar-refractivity contribution in [3.8, 4) is 0 Å². The Balaban J connectivity index is 2.33. The summed E-state index contributed by atoms with van der Waals surface area (Å²) in [6.45, 7) is 1.82. The Labute approximate surface area is 94.2 Å². The summed E-state index contributed by atoms with van der Waals surface area (Å²) < 4.78 is 0. The molecule has 0 radical (unpaired) electrons. The molecule has 0 N–H and O–H groups in total. The third-order valence-electron chi connectivity index (χ3n) is 2.36. The van der Waals surface area contributed by atoms with Crippen LogP contribution in [0.3, 0.4) is 0 Å². The molecule has 2 aromatic rings. The highest BCUT2D eigenvalue weighted by Gasteiger charge is 2.05. The molecule has 0 amide bonds. The van der Waals surface area contributed by atoms with Gasteiger partial charge in [-0.25, -0.2) is 9.97 Å². The number of aldehydes is 1. The summed E-state index contributed by atoms with van der Waals surface area (Å²) in [5, 5.41) is 0. The SMILES string of the molecule is Cc1ncc(C=O)c(Cc2ccccc2)n1. The number of rotatable bonds is 3. The lowest BCUT2D eigenvalue weighted by Crippen LogP contribution is -2.02. The van der Waals surface area contributed by atoms with Gasteiger partial charge in [-0.1, -0.05) is 30.3 Å². The minimum atomic E-state index is 0.564. The maximum absolute atomic E-state index is 10.8. The van der Waals surface area contributed by atoms with Crippen molar-refractivity contribution in [1.29, 1.82) is 0 Å². The summed E-state index contributed by atoms with van der Waals surface area (Å²) in [4.78, 5) is 19.2. The Morgan fingerprint density at radius 2 is 2.00 bits per heavy atom. The maximum Gasteiger partial charge on any atom is 0.153 e. The third kappa shape index (κ3) is 2.31. The number of hydrogen-bond acceptors (Lipinski definition) is 3. The number of carbonyl (C=O) groups is 1. The molecule has 16 heavy (non-hydrogen) atoms. The first kappa shape index (κ1) is 10.5. The van der Waals surface area contributed by atoms with Gasteiger partial charge < -0.3 is 0 Å². The van der Waals surface area contributed by atoms with E-state index >= 15 is 0 Å². The van der Waals surface area contributed by atoms with Gasteiger partial charge in [0.2, 0.25) is 0 Å². The first-order valence-corrected chi connectivity index (χ1v) is 5.11. The molecule has 1 aromatic carbocycles. The number of nitrogens with zero attached hydrogens (tertiary/aromatic N) is 2. The van der Waals surface area contributed by atoms with Gasteiger partial charge >= 0.3 is 0 Å². The maximum atomic E-state index is 10.8. The van der Waals surface area contributed by atoms with Crippen LogP contribution in [0.25, 0.3) is 0 Å². The van der Waals surface area contributed by atoms with Crippen LogP contribution >= 0.6 is 0 Å². The molecular formula is C13H12N2O. The van der Waals surface area contributed by atoms with Crippen molar-refractivity contribution in [2.75, 3.05) is 0 Å². The van der Waals surface area contributed by atoms with Gasteiger partial charge in [-0.05, 0) is 12.5 Å². The first-order valence-electron chi connectivity index (χ1n) is 5.11. The molecule has 80 valence electrons. The zero-order valence-electron chi connectivity index (χ0n) is 9.05. The zero-order chi connectivity index (χ0) is 11.4. The van der Waals surface area contributed by atoms with E-state index in [1.54, 1.807) is 6.20 Å². The van der Waals surface area contributed by atoms with Crippen LogP contribution in [-0.2, 0) is 6.42 Å². The van der Waals surface area contributed by atoms with Crippen LogP contribution in [-0.4, -0.2) is 16.3 Å². The van der Waals surface area contributed by atoms with Gasteiger partial charge in [0.25, 0.3) is 0 Å². The quantitative estimate of drug-likeness (QED) is 0.732. The van der Waals surface area contributed by atoms with Crippen LogP contribution in [0.1, 0.15) is 27.4 Å². The van der Waals surface area contributed by atoms with Crippen LogP contribution in [0.4, 0.5) is 0 Å². The second-order valence-electron chi connectivity index (χ2n) is 3.60. The van der Waals surface area contributed by atoms with Gasteiger partial charge in [0, 0.05) is 12.6 Å². The Morgan fingerprint density at radius 3 is 2.69 bits per heavy atom. The smallest absolute Gasteiger partial charge is 0.153 e. The Kier molecular flexibility index (Phi) is 3.05. The molecule has 0 aliphatic carbocycles. The minimum Gasteiger partial charge on any atom is -0.298 e. The van der Waals surface area contributed by atoms with Gasteiger partial charge in [0.05, 0.1) is 11.3 Å². The van der Waals surface area contributed by atoms with Gasteiger partial charge in [-0.15, -0.1) is 0 Å².